The number of hydrogen-bond donors (Lipinski definition) is 0. The lowest BCUT2D eigenvalue weighted by Gasteiger charge is -2.29. The number of hydrogen-bond acceptors (Lipinski definition) is 2. The van der Waals surface area contributed by atoms with Crippen LogP contribution in [0.4, 0.5) is 0 Å². The molecule has 2 fully saturated rings. The van der Waals surface area contributed by atoms with E-state index < -0.39 is 0 Å². The second-order valence-corrected chi connectivity index (χ2v) is 7.23. The van der Waals surface area contributed by atoms with Crippen LogP contribution in [0.5, 0.6) is 0 Å². The number of nitrogens with zero attached hydrogens (tertiary/aromatic N) is 3. The number of alkyl halides is 1. The van der Waals surface area contributed by atoms with Gasteiger partial charge in [-0.05, 0) is 62.5 Å². The third-order valence-electron chi connectivity index (χ3n) is 5.68. The molecule has 4 heteroatoms. The van der Waals surface area contributed by atoms with Gasteiger partial charge < -0.3 is 4.57 Å². The van der Waals surface area contributed by atoms with Crippen LogP contribution in [-0.2, 0) is 5.88 Å². The number of pyridine rings is 1. The molecule has 2 bridgehead atoms. The fourth-order valence-corrected chi connectivity index (χ4v) is 4.92. The highest BCUT2D eigenvalue weighted by Crippen LogP contribution is 2.52. The Labute approximate surface area is 130 Å². The number of imidazole rings is 1. The monoisotopic (exact) mass is 303 g/mol. The van der Waals surface area contributed by atoms with Gasteiger partial charge in [0, 0.05) is 12.2 Å². The van der Waals surface area contributed by atoms with Gasteiger partial charge in [-0.1, -0.05) is 6.42 Å². The molecule has 0 aromatic carbocycles. The second-order valence-electron chi connectivity index (χ2n) is 6.97. The first kappa shape index (κ1) is 13.6. The van der Waals surface area contributed by atoms with Crippen LogP contribution in [0.3, 0.4) is 0 Å². The van der Waals surface area contributed by atoms with Crippen molar-refractivity contribution in [2.45, 2.75) is 51.5 Å². The molecule has 0 amide bonds. The molecular weight excluding hydrogens is 282 g/mol. The maximum atomic E-state index is 6.16. The van der Waals surface area contributed by atoms with E-state index in [1.54, 1.807) is 0 Å². The minimum absolute atomic E-state index is 0.453. The largest absolute Gasteiger partial charge is 0.309 e. The van der Waals surface area contributed by atoms with Crippen molar-refractivity contribution in [3.8, 4) is 0 Å². The molecule has 0 radical (unpaired) electrons. The Balaban J connectivity index is 1.77. The number of aryl methyl sites for hydroxylation is 1. The Hall–Kier alpha value is -1.09. The van der Waals surface area contributed by atoms with Crippen LogP contribution in [0.15, 0.2) is 12.3 Å². The average molecular weight is 304 g/mol. The van der Waals surface area contributed by atoms with Gasteiger partial charge >= 0.3 is 0 Å². The maximum Gasteiger partial charge on any atom is 0.160 e. The van der Waals surface area contributed by atoms with Crippen LogP contribution < -0.4 is 0 Å². The standard InChI is InChI=1S/C17H22ClN3/c1-10-5-15-17(19-9-10)21(16(8-18)20-15)11(2)14-7-12-3-4-13(14)6-12/h5,9,11-14H,3-4,6-8H2,1-2H3. The van der Waals surface area contributed by atoms with Gasteiger partial charge in [-0.25, -0.2) is 9.97 Å². The Bertz CT molecular complexity index is 678. The zero-order chi connectivity index (χ0) is 14.6. The topological polar surface area (TPSA) is 30.7 Å². The van der Waals surface area contributed by atoms with Crippen molar-refractivity contribution in [3.63, 3.8) is 0 Å². The predicted octanol–water partition coefficient (Wildman–Crippen LogP) is 4.48. The first-order valence-corrected chi connectivity index (χ1v) is 8.60. The van der Waals surface area contributed by atoms with Crippen LogP contribution in [0, 0.1) is 24.7 Å². The molecule has 4 unspecified atom stereocenters. The Kier molecular flexibility index (Phi) is 3.21. The highest BCUT2D eigenvalue weighted by Gasteiger charge is 2.42. The third kappa shape index (κ3) is 2.09. The van der Waals surface area contributed by atoms with Gasteiger partial charge in [-0.3, -0.25) is 0 Å². The van der Waals surface area contributed by atoms with Crippen LogP contribution in [-0.4, -0.2) is 14.5 Å². The summed E-state index contributed by atoms with van der Waals surface area (Å²) in [6.07, 6.45) is 7.60. The molecule has 2 aromatic rings. The maximum absolute atomic E-state index is 6.16. The van der Waals surface area contributed by atoms with Crippen LogP contribution in [0.1, 0.15) is 50.0 Å². The van der Waals surface area contributed by atoms with Gasteiger partial charge in [-0.2, -0.15) is 0 Å². The number of aromatic nitrogens is 3. The summed E-state index contributed by atoms with van der Waals surface area (Å²) in [6, 6.07) is 2.57. The Morgan fingerprint density at radius 2 is 2.24 bits per heavy atom. The summed E-state index contributed by atoms with van der Waals surface area (Å²) in [5.41, 5.74) is 3.15. The molecule has 2 saturated carbocycles. The fourth-order valence-electron chi connectivity index (χ4n) is 4.73. The van der Waals surface area contributed by atoms with E-state index in [2.05, 4.69) is 29.5 Å². The third-order valence-corrected chi connectivity index (χ3v) is 5.92. The predicted molar refractivity (Wildman–Crippen MR) is 85.5 cm³/mol. The van der Waals surface area contributed by atoms with Crippen LogP contribution >= 0.6 is 11.6 Å². The van der Waals surface area contributed by atoms with Crippen LogP contribution in [0.25, 0.3) is 11.2 Å². The van der Waals surface area contributed by atoms with E-state index in [0.717, 1.165) is 40.3 Å². The van der Waals surface area contributed by atoms with E-state index in [1.807, 2.05) is 6.20 Å². The lowest BCUT2D eigenvalue weighted by molar-refractivity contribution is 0.243. The average Bonchev–Trinajstić information content (AvgIpc) is 3.18. The van der Waals surface area contributed by atoms with Crippen LogP contribution in [0.2, 0.25) is 0 Å². The summed E-state index contributed by atoms with van der Waals surface area (Å²) < 4.78 is 2.31. The quantitative estimate of drug-likeness (QED) is 0.783. The molecule has 3 nitrogen and oxygen atoms in total. The molecule has 21 heavy (non-hydrogen) atoms. The summed E-state index contributed by atoms with van der Waals surface area (Å²) in [5, 5.41) is 0. The van der Waals surface area contributed by atoms with E-state index in [-0.39, 0.29) is 0 Å². The summed E-state index contributed by atoms with van der Waals surface area (Å²) in [7, 11) is 0. The molecule has 0 spiro atoms. The summed E-state index contributed by atoms with van der Waals surface area (Å²) in [6.45, 7) is 4.40. The number of fused-ring (bicyclic) bond motifs is 3. The molecule has 2 aliphatic rings. The number of rotatable bonds is 3. The molecular formula is C17H22ClN3. The van der Waals surface area contributed by atoms with E-state index in [4.69, 9.17) is 16.6 Å². The lowest BCUT2D eigenvalue weighted by Crippen LogP contribution is -2.23. The van der Waals surface area contributed by atoms with Gasteiger partial charge in [0.05, 0.1) is 5.88 Å². The highest BCUT2D eigenvalue weighted by atomic mass is 35.5. The molecule has 0 N–H and O–H groups in total. The van der Waals surface area contributed by atoms with Crippen molar-refractivity contribution in [2.75, 3.05) is 0 Å². The SMILES string of the molecule is Cc1cnc2c(c1)nc(CCl)n2C(C)C1CC2CCC1C2. The molecule has 2 aromatic heterocycles. The van der Waals surface area contributed by atoms with Crippen molar-refractivity contribution in [3.05, 3.63) is 23.7 Å². The van der Waals surface area contributed by atoms with E-state index >= 15 is 0 Å². The zero-order valence-corrected chi connectivity index (χ0v) is 13.5. The molecule has 4 atom stereocenters. The smallest absolute Gasteiger partial charge is 0.160 e. The Morgan fingerprint density at radius 1 is 1.38 bits per heavy atom. The normalized spacial score (nSPS) is 29.4. The first-order chi connectivity index (χ1) is 10.2. The molecule has 0 saturated heterocycles. The van der Waals surface area contributed by atoms with Crippen molar-refractivity contribution in [1.82, 2.24) is 14.5 Å². The van der Waals surface area contributed by atoms with Crippen molar-refractivity contribution >= 4 is 22.8 Å². The van der Waals surface area contributed by atoms with Gasteiger partial charge in [-0.15, -0.1) is 11.6 Å². The fraction of sp³-hybridized carbons (Fsp3) is 0.647. The zero-order valence-electron chi connectivity index (χ0n) is 12.7. The minimum Gasteiger partial charge on any atom is -0.309 e. The van der Waals surface area contributed by atoms with Crippen molar-refractivity contribution in [1.29, 1.82) is 0 Å². The molecule has 2 heterocycles. The molecule has 4 rings (SSSR count). The highest BCUT2D eigenvalue weighted by molar-refractivity contribution is 6.16. The first-order valence-electron chi connectivity index (χ1n) is 8.06. The lowest BCUT2D eigenvalue weighted by atomic mass is 9.84. The number of halogens is 1. The molecule has 2 aliphatic carbocycles. The Morgan fingerprint density at radius 3 is 2.90 bits per heavy atom. The summed E-state index contributed by atoms with van der Waals surface area (Å²) in [5.74, 6) is 4.06. The minimum atomic E-state index is 0.453. The van der Waals surface area contributed by atoms with E-state index in [9.17, 15) is 0 Å². The van der Waals surface area contributed by atoms with Gasteiger partial charge in [0.25, 0.3) is 0 Å². The molecule has 0 aliphatic heterocycles. The van der Waals surface area contributed by atoms with E-state index in [0.29, 0.717) is 11.9 Å². The van der Waals surface area contributed by atoms with E-state index in [1.165, 1.54) is 25.7 Å². The van der Waals surface area contributed by atoms with Gasteiger partial charge in [0.1, 0.15) is 11.3 Å². The van der Waals surface area contributed by atoms with Gasteiger partial charge in [0.15, 0.2) is 5.65 Å². The molecule has 112 valence electrons. The van der Waals surface area contributed by atoms with Crippen molar-refractivity contribution < 1.29 is 0 Å². The summed E-state index contributed by atoms with van der Waals surface area (Å²) in [4.78, 5) is 9.36. The van der Waals surface area contributed by atoms with Gasteiger partial charge in [0.2, 0.25) is 0 Å². The van der Waals surface area contributed by atoms with Crippen molar-refractivity contribution in [2.24, 2.45) is 17.8 Å². The second kappa shape index (κ2) is 4.98. The summed E-state index contributed by atoms with van der Waals surface area (Å²) >= 11 is 6.16.